The van der Waals surface area contributed by atoms with Crippen molar-refractivity contribution in [2.45, 2.75) is 96.3 Å². The number of carbonyl (C=O) groups excluding carboxylic acids is 2. The lowest BCUT2D eigenvalue weighted by atomic mass is 9.75. The van der Waals surface area contributed by atoms with Crippen LogP contribution in [0, 0.1) is 23.0 Å². The maximum Gasteiger partial charge on any atom is 0.319 e. The van der Waals surface area contributed by atoms with Gasteiger partial charge in [-0.15, -0.1) is 0 Å². The first-order valence-electron chi connectivity index (χ1n) is 15.1. The molecule has 1 saturated carbocycles. The molecule has 2 amide bonds. The molecule has 1 aromatic rings. The number of sulfonamides is 1. The third-order valence-electron chi connectivity index (χ3n) is 10.2. The summed E-state index contributed by atoms with van der Waals surface area (Å²) in [5.74, 6) is -3.11. The van der Waals surface area contributed by atoms with Gasteiger partial charge in [0.1, 0.15) is 18.2 Å². The summed E-state index contributed by atoms with van der Waals surface area (Å²) in [6.07, 6.45) is 4.70. The number of nitrogens with zero attached hydrogens (tertiary/aromatic N) is 3. The second kappa shape index (κ2) is 11.5. The van der Waals surface area contributed by atoms with E-state index in [1.807, 2.05) is 20.8 Å². The van der Waals surface area contributed by atoms with E-state index >= 15 is 4.39 Å². The molecule has 1 aliphatic carbocycles. The van der Waals surface area contributed by atoms with E-state index in [-0.39, 0.29) is 51.8 Å². The van der Waals surface area contributed by atoms with Gasteiger partial charge < -0.3 is 5.32 Å². The summed E-state index contributed by atoms with van der Waals surface area (Å²) in [5.41, 5.74) is 0.118. The molecule has 8 nitrogen and oxygen atoms in total. The highest BCUT2D eigenvalue weighted by Gasteiger charge is 2.59. The zero-order chi connectivity index (χ0) is 31.4. The number of amides is 2. The number of benzene rings is 1. The Morgan fingerprint density at radius 1 is 1.10 bits per heavy atom. The molecule has 3 fully saturated rings. The van der Waals surface area contributed by atoms with Crippen LogP contribution >= 0.6 is 0 Å². The average molecular weight is 612 g/mol. The number of likely N-dealkylation sites (N-methyl/N-ethyl adjacent to an activating group) is 2. The largest absolute Gasteiger partial charge is 0.354 e. The minimum Gasteiger partial charge on any atom is -0.354 e. The zero-order valence-corrected chi connectivity index (χ0v) is 27.2. The van der Waals surface area contributed by atoms with Crippen LogP contribution in [0.15, 0.2) is 18.2 Å². The molecule has 0 spiro atoms. The van der Waals surface area contributed by atoms with E-state index in [2.05, 4.69) is 24.1 Å². The molecule has 5 atom stereocenters. The van der Waals surface area contributed by atoms with Gasteiger partial charge in [-0.2, -0.15) is 4.31 Å². The summed E-state index contributed by atoms with van der Waals surface area (Å²) >= 11 is 0. The van der Waals surface area contributed by atoms with Crippen molar-refractivity contribution in [3.63, 3.8) is 0 Å². The Bertz CT molecular complexity index is 1300. The Labute approximate surface area is 250 Å². The van der Waals surface area contributed by atoms with Crippen LogP contribution in [-0.2, 0) is 19.6 Å². The van der Waals surface area contributed by atoms with E-state index in [4.69, 9.17) is 0 Å². The highest BCUT2D eigenvalue weighted by Crippen LogP contribution is 2.44. The molecule has 1 N–H and O–H groups in total. The van der Waals surface area contributed by atoms with E-state index in [9.17, 15) is 22.4 Å². The van der Waals surface area contributed by atoms with Gasteiger partial charge in [-0.05, 0) is 63.5 Å². The second-order valence-electron chi connectivity index (χ2n) is 14.8. The van der Waals surface area contributed by atoms with Crippen molar-refractivity contribution >= 4 is 21.8 Å². The standard InChI is InChI=1S/C31H48F2N4O4S/c1-30(2,3)35-17-24(23-10-9-20(32)15-26(23)33)25(18-35)29(39)37(7)19-22(16-27(37)28(38)34-6)36(42(8,40)41)21-11-13-31(4,5)14-12-21/h9-10,15,21-22,24-25,27H,11-14,16-19H2,1-8H3/p+1/t22-,24-,25+,27-,37?/m0/s1. The molecule has 1 unspecified atom stereocenters. The molecule has 2 aliphatic heterocycles. The van der Waals surface area contributed by atoms with E-state index in [1.54, 1.807) is 11.4 Å². The highest BCUT2D eigenvalue weighted by molar-refractivity contribution is 7.88. The number of quaternary nitrogens is 1. The Hall–Kier alpha value is -1.95. The smallest absolute Gasteiger partial charge is 0.319 e. The Morgan fingerprint density at radius 3 is 2.24 bits per heavy atom. The second-order valence-corrected chi connectivity index (χ2v) is 16.6. The first kappa shape index (κ1) is 33.0. The first-order chi connectivity index (χ1) is 19.3. The number of hydrogen-bond acceptors (Lipinski definition) is 5. The Morgan fingerprint density at radius 2 is 1.71 bits per heavy atom. The van der Waals surface area contributed by atoms with Gasteiger partial charge in [0.05, 0.1) is 25.3 Å². The first-order valence-corrected chi connectivity index (χ1v) is 16.9. The van der Waals surface area contributed by atoms with Crippen molar-refractivity contribution < 1.29 is 31.3 Å². The summed E-state index contributed by atoms with van der Waals surface area (Å²) < 4.78 is 56.8. The van der Waals surface area contributed by atoms with Gasteiger partial charge >= 0.3 is 5.91 Å². The lowest BCUT2D eigenvalue weighted by molar-refractivity contribution is -0.840. The minimum absolute atomic E-state index is 0.145. The molecular formula is C31H49F2N4O4S+. The molecular weight excluding hydrogens is 562 g/mol. The van der Waals surface area contributed by atoms with Crippen molar-refractivity contribution in [2.24, 2.45) is 11.3 Å². The maximum absolute atomic E-state index is 15.1. The molecule has 0 radical (unpaired) electrons. The van der Waals surface area contributed by atoms with Crippen molar-refractivity contribution in [3.05, 3.63) is 35.4 Å². The lowest BCUT2D eigenvalue weighted by Gasteiger charge is -2.41. The van der Waals surface area contributed by atoms with Crippen LogP contribution in [0.2, 0.25) is 0 Å². The maximum atomic E-state index is 15.1. The van der Waals surface area contributed by atoms with Crippen LogP contribution in [0.3, 0.4) is 0 Å². The van der Waals surface area contributed by atoms with Crippen molar-refractivity contribution in [1.82, 2.24) is 14.5 Å². The number of halogens is 2. The summed E-state index contributed by atoms with van der Waals surface area (Å²) in [6.45, 7) is 11.4. The van der Waals surface area contributed by atoms with Crippen molar-refractivity contribution in [1.29, 1.82) is 0 Å². The molecule has 1 aromatic carbocycles. The Balaban J connectivity index is 1.72. The molecule has 42 heavy (non-hydrogen) atoms. The third-order valence-corrected chi connectivity index (χ3v) is 11.5. The molecule has 11 heteroatoms. The number of carbonyl (C=O) groups is 2. The van der Waals surface area contributed by atoms with Crippen LogP contribution in [0.25, 0.3) is 0 Å². The van der Waals surface area contributed by atoms with Crippen LogP contribution < -0.4 is 5.32 Å². The summed E-state index contributed by atoms with van der Waals surface area (Å²) in [6, 6.07) is 1.98. The number of nitrogens with one attached hydrogen (secondary N) is 1. The summed E-state index contributed by atoms with van der Waals surface area (Å²) in [4.78, 5) is 30.2. The lowest BCUT2D eigenvalue weighted by Crippen LogP contribution is -2.61. The fourth-order valence-corrected chi connectivity index (χ4v) is 9.11. The molecule has 0 aromatic heterocycles. The summed E-state index contributed by atoms with van der Waals surface area (Å²) in [7, 11) is -0.390. The molecule has 3 aliphatic rings. The molecule has 4 rings (SSSR count). The van der Waals surface area contributed by atoms with Gasteiger partial charge in [0, 0.05) is 50.1 Å². The van der Waals surface area contributed by atoms with Gasteiger partial charge in [-0.1, -0.05) is 19.9 Å². The van der Waals surface area contributed by atoms with Gasteiger partial charge in [-0.3, -0.25) is 14.2 Å². The fourth-order valence-electron chi connectivity index (χ4n) is 7.67. The predicted octanol–water partition coefficient (Wildman–Crippen LogP) is 3.87. The summed E-state index contributed by atoms with van der Waals surface area (Å²) in [5, 5.41) is 2.70. The van der Waals surface area contributed by atoms with E-state index in [0.717, 1.165) is 31.7 Å². The predicted molar refractivity (Wildman–Crippen MR) is 159 cm³/mol. The van der Waals surface area contributed by atoms with Crippen LogP contribution in [-0.4, -0.2) is 97.6 Å². The van der Waals surface area contributed by atoms with Crippen molar-refractivity contribution in [3.8, 4) is 0 Å². The monoisotopic (exact) mass is 611 g/mol. The minimum atomic E-state index is -3.64. The van der Waals surface area contributed by atoms with Gasteiger partial charge in [0.25, 0.3) is 5.91 Å². The van der Waals surface area contributed by atoms with Crippen LogP contribution in [0.1, 0.15) is 78.2 Å². The number of hydrogen-bond donors (Lipinski definition) is 1. The molecule has 2 saturated heterocycles. The molecule has 236 valence electrons. The topological polar surface area (TPSA) is 86.8 Å². The third kappa shape index (κ3) is 6.44. The Kier molecular flexibility index (Phi) is 9.04. The number of likely N-dealkylation sites (tertiary alicyclic amines) is 2. The van der Waals surface area contributed by atoms with E-state index in [0.29, 0.717) is 13.1 Å². The fraction of sp³-hybridized carbons (Fsp3) is 0.742. The van der Waals surface area contributed by atoms with Crippen LogP contribution in [0.4, 0.5) is 8.78 Å². The van der Waals surface area contributed by atoms with Crippen molar-refractivity contribution in [2.75, 3.05) is 40.0 Å². The van der Waals surface area contributed by atoms with Crippen LogP contribution in [0.5, 0.6) is 0 Å². The quantitative estimate of drug-likeness (QED) is 0.494. The van der Waals surface area contributed by atoms with Gasteiger partial charge in [-0.25, -0.2) is 22.0 Å². The number of rotatable bonds is 6. The molecule has 0 bridgehead atoms. The SMILES string of the molecule is CNC(=O)[C@@H]1C[C@H](N(C2CCC(C)(C)CC2)S(C)(=O)=O)C[N+]1(C)C(=O)[C@@H]1CN(C(C)(C)C)C[C@H]1c1ccc(F)cc1F. The van der Waals surface area contributed by atoms with Gasteiger partial charge in [0.15, 0.2) is 6.04 Å². The highest BCUT2D eigenvalue weighted by atomic mass is 32.2. The van der Waals surface area contributed by atoms with E-state index in [1.165, 1.54) is 25.4 Å². The average Bonchev–Trinajstić information content (AvgIpc) is 3.46. The van der Waals surface area contributed by atoms with Gasteiger partial charge in [0.2, 0.25) is 10.0 Å². The normalized spacial score (nSPS) is 31.0. The zero-order valence-electron chi connectivity index (χ0n) is 26.4. The molecule has 2 heterocycles. The van der Waals surface area contributed by atoms with E-state index < -0.39 is 45.6 Å².